The van der Waals surface area contributed by atoms with Gasteiger partial charge in [-0.2, -0.15) is 4.98 Å². The van der Waals surface area contributed by atoms with Crippen molar-refractivity contribution in [3.05, 3.63) is 108 Å². The van der Waals surface area contributed by atoms with Crippen molar-refractivity contribution in [3.63, 3.8) is 0 Å². The number of ether oxygens (including phenoxy) is 3. The number of nitrogens with zero attached hydrogens (tertiary/aromatic N) is 3. The SMILES string of the molecule is CC(C)(C)OC(=O)N1CC[C@H](N2CCc3c(-c4ccc(OCc5ccccc5)nc4OCc4ccccc4)cccc32)[C@@H](F)C1. The first-order valence-corrected chi connectivity index (χ1v) is 15.6. The topological polar surface area (TPSA) is 64.1 Å². The van der Waals surface area contributed by atoms with Crippen molar-refractivity contribution in [2.45, 2.75) is 64.6 Å². The van der Waals surface area contributed by atoms with E-state index in [1.54, 1.807) is 0 Å². The number of halogens is 1. The highest BCUT2D eigenvalue weighted by Crippen LogP contribution is 2.42. The number of hydrogen-bond donors (Lipinski definition) is 0. The number of carbonyl (C=O) groups is 1. The van der Waals surface area contributed by atoms with Gasteiger partial charge in [-0.25, -0.2) is 9.18 Å². The van der Waals surface area contributed by atoms with E-state index in [1.165, 1.54) is 4.90 Å². The van der Waals surface area contributed by atoms with Crippen LogP contribution in [0.5, 0.6) is 11.8 Å². The van der Waals surface area contributed by atoms with Crippen LogP contribution in [0.2, 0.25) is 0 Å². The van der Waals surface area contributed by atoms with Crippen LogP contribution in [-0.2, 0) is 24.4 Å². The van der Waals surface area contributed by atoms with E-state index in [2.05, 4.69) is 17.0 Å². The lowest BCUT2D eigenvalue weighted by molar-refractivity contribution is 0.0112. The van der Waals surface area contributed by atoms with Gasteiger partial charge in [-0.3, -0.25) is 0 Å². The predicted molar refractivity (Wildman–Crippen MR) is 173 cm³/mol. The first-order valence-electron chi connectivity index (χ1n) is 15.6. The van der Waals surface area contributed by atoms with E-state index in [9.17, 15) is 4.79 Å². The number of amides is 1. The molecule has 2 atom stereocenters. The average Bonchev–Trinajstić information content (AvgIpc) is 3.47. The molecule has 1 saturated heterocycles. The maximum Gasteiger partial charge on any atom is 0.410 e. The minimum atomic E-state index is -1.19. The Balaban J connectivity index is 1.24. The lowest BCUT2D eigenvalue weighted by atomic mass is 9.97. The van der Waals surface area contributed by atoms with Crippen LogP contribution in [0.1, 0.15) is 43.9 Å². The second kappa shape index (κ2) is 13.2. The van der Waals surface area contributed by atoms with Gasteiger partial charge in [0.15, 0.2) is 0 Å². The van der Waals surface area contributed by atoms with Gasteiger partial charge in [-0.05, 0) is 68.0 Å². The van der Waals surface area contributed by atoms with Gasteiger partial charge in [0.2, 0.25) is 11.8 Å². The average molecular weight is 610 g/mol. The zero-order valence-corrected chi connectivity index (χ0v) is 26.1. The first kappa shape index (κ1) is 30.4. The molecule has 2 aliphatic rings. The van der Waals surface area contributed by atoms with Crippen molar-refractivity contribution in [2.75, 3.05) is 24.5 Å². The fourth-order valence-electron chi connectivity index (χ4n) is 6.07. The smallest absolute Gasteiger partial charge is 0.410 e. The molecule has 1 amide bonds. The molecule has 7 nitrogen and oxygen atoms in total. The molecule has 234 valence electrons. The van der Waals surface area contributed by atoms with Gasteiger partial charge in [0, 0.05) is 30.4 Å². The first-order chi connectivity index (χ1) is 21.7. The lowest BCUT2D eigenvalue weighted by Gasteiger charge is -2.40. The Hall–Kier alpha value is -4.59. The number of piperidine rings is 1. The number of aromatic nitrogens is 1. The highest BCUT2D eigenvalue weighted by Gasteiger charge is 2.39. The third-order valence-corrected chi connectivity index (χ3v) is 8.20. The summed E-state index contributed by atoms with van der Waals surface area (Å²) in [7, 11) is 0. The lowest BCUT2D eigenvalue weighted by Crippen LogP contribution is -2.54. The Morgan fingerprint density at radius 2 is 1.53 bits per heavy atom. The minimum absolute atomic E-state index is 0.0247. The zero-order chi connectivity index (χ0) is 31.4. The second-order valence-electron chi connectivity index (χ2n) is 12.6. The Morgan fingerprint density at radius 1 is 0.844 bits per heavy atom. The quantitative estimate of drug-likeness (QED) is 0.205. The second-order valence-corrected chi connectivity index (χ2v) is 12.6. The zero-order valence-electron chi connectivity index (χ0n) is 26.1. The van der Waals surface area contributed by atoms with Gasteiger partial charge in [-0.15, -0.1) is 0 Å². The van der Waals surface area contributed by atoms with Crippen LogP contribution in [0.3, 0.4) is 0 Å². The molecule has 2 aliphatic heterocycles. The summed E-state index contributed by atoms with van der Waals surface area (Å²) in [5.41, 5.74) is 5.52. The van der Waals surface area contributed by atoms with Gasteiger partial charge in [-0.1, -0.05) is 72.8 Å². The summed E-state index contributed by atoms with van der Waals surface area (Å²) in [6, 6.07) is 29.7. The summed E-state index contributed by atoms with van der Waals surface area (Å²) in [4.78, 5) is 21.1. The number of carbonyl (C=O) groups excluding carboxylic acids is 1. The molecular weight excluding hydrogens is 569 g/mol. The number of pyridine rings is 1. The van der Waals surface area contributed by atoms with Crippen LogP contribution in [0.15, 0.2) is 91.0 Å². The van der Waals surface area contributed by atoms with E-state index in [0.29, 0.717) is 44.5 Å². The molecule has 45 heavy (non-hydrogen) atoms. The molecule has 0 radical (unpaired) electrons. The molecule has 3 heterocycles. The van der Waals surface area contributed by atoms with E-state index in [-0.39, 0.29) is 12.6 Å². The van der Waals surface area contributed by atoms with Crippen molar-refractivity contribution in [1.82, 2.24) is 9.88 Å². The third-order valence-electron chi connectivity index (χ3n) is 8.20. The van der Waals surface area contributed by atoms with Gasteiger partial charge in [0.1, 0.15) is 25.0 Å². The van der Waals surface area contributed by atoms with Crippen LogP contribution in [0, 0.1) is 0 Å². The van der Waals surface area contributed by atoms with E-state index in [4.69, 9.17) is 19.2 Å². The molecule has 0 N–H and O–H groups in total. The van der Waals surface area contributed by atoms with Crippen molar-refractivity contribution in [2.24, 2.45) is 0 Å². The van der Waals surface area contributed by atoms with Gasteiger partial charge >= 0.3 is 6.09 Å². The normalized spacial score (nSPS) is 18.0. The number of alkyl halides is 1. The number of rotatable bonds is 8. The van der Waals surface area contributed by atoms with Crippen molar-refractivity contribution in [3.8, 4) is 22.9 Å². The molecule has 8 heteroatoms. The highest BCUT2D eigenvalue weighted by molar-refractivity contribution is 5.79. The van der Waals surface area contributed by atoms with E-state index < -0.39 is 17.9 Å². The molecule has 0 unspecified atom stereocenters. The fourth-order valence-corrected chi connectivity index (χ4v) is 6.07. The maximum atomic E-state index is 15.7. The Labute approximate surface area is 264 Å². The summed E-state index contributed by atoms with van der Waals surface area (Å²) in [5.74, 6) is 0.974. The number of likely N-dealkylation sites (tertiary alicyclic amines) is 1. The van der Waals surface area contributed by atoms with Crippen LogP contribution < -0.4 is 14.4 Å². The Kier molecular flexibility index (Phi) is 8.92. The van der Waals surface area contributed by atoms with E-state index in [1.807, 2.05) is 99.6 Å². The van der Waals surface area contributed by atoms with E-state index >= 15 is 4.39 Å². The number of benzene rings is 3. The largest absolute Gasteiger partial charge is 0.473 e. The molecule has 0 spiro atoms. The number of anilines is 1. The monoisotopic (exact) mass is 609 g/mol. The number of hydrogen-bond acceptors (Lipinski definition) is 6. The van der Waals surface area contributed by atoms with Gasteiger partial charge < -0.3 is 24.0 Å². The highest BCUT2D eigenvalue weighted by atomic mass is 19.1. The maximum absolute atomic E-state index is 15.7. The van der Waals surface area contributed by atoms with Crippen LogP contribution in [0.4, 0.5) is 14.9 Å². The Bertz CT molecular complexity index is 1610. The molecule has 3 aromatic carbocycles. The van der Waals surface area contributed by atoms with Crippen LogP contribution in [-0.4, -0.2) is 53.4 Å². The summed E-state index contributed by atoms with van der Waals surface area (Å²) < 4.78 is 33.6. The van der Waals surface area contributed by atoms with E-state index in [0.717, 1.165) is 39.9 Å². The summed E-state index contributed by atoms with van der Waals surface area (Å²) in [6.45, 7) is 7.42. The molecule has 1 aromatic heterocycles. The summed E-state index contributed by atoms with van der Waals surface area (Å²) >= 11 is 0. The predicted octanol–water partition coefficient (Wildman–Crippen LogP) is 7.62. The van der Waals surface area contributed by atoms with Crippen molar-refractivity contribution in [1.29, 1.82) is 0 Å². The third kappa shape index (κ3) is 7.22. The summed E-state index contributed by atoms with van der Waals surface area (Å²) in [6.07, 6.45) is -0.341. The molecule has 0 saturated carbocycles. The summed E-state index contributed by atoms with van der Waals surface area (Å²) in [5, 5.41) is 0. The van der Waals surface area contributed by atoms with Crippen molar-refractivity contribution >= 4 is 11.8 Å². The van der Waals surface area contributed by atoms with Gasteiger partial charge in [0.05, 0.1) is 12.6 Å². The Morgan fingerprint density at radius 3 is 2.20 bits per heavy atom. The molecular formula is C37H40FN3O4. The standard InChI is InChI=1S/C37H40FN3O4/c1-37(2,3)45-36(42)40-21-20-33(31(38)23-40)41-22-19-29-28(15-10-16-32(29)41)30-17-18-34(43-24-26-11-6-4-7-12-26)39-35(30)44-25-27-13-8-5-9-14-27/h4-18,31,33H,19-25H2,1-3H3/t31-,33-/m0/s1. The molecule has 1 fully saturated rings. The van der Waals surface area contributed by atoms with Crippen molar-refractivity contribution < 1.29 is 23.4 Å². The molecule has 0 bridgehead atoms. The number of fused-ring (bicyclic) bond motifs is 1. The molecule has 0 aliphatic carbocycles. The minimum Gasteiger partial charge on any atom is -0.473 e. The van der Waals surface area contributed by atoms with Gasteiger partial charge in [0.25, 0.3) is 0 Å². The molecule has 6 rings (SSSR count). The van der Waals surface area contributed by atoms with Crippen LogP contribution >= 0.6 is 0 Å². The van der Waals surface area contributed by atoms with Crippen LogP contribution in [0.25, 0.3) is 11.1 Å². The fraction of sp³-hybridized carbons (Fsp3) is 0.351. The molecule has 4 aromatic rings.